The first-order valence-electron chi connectivity index (χ1n) is 6.47. The molecule has 0 heterocycles. The maximum absolute atomic E-state index is 12.3. The van der Waals surface area contributed by atoms with Gasteiger partial charge in [-0.25, -0.2) is 0 Å². The third kappa shape index (κ3) is 3.71. The highest BCUT2D eigenvalue weighted by Crippen LogP contribution is 2.28. The molecule has 3 nitrogen and oxygen atoms in total. The van der Waals surface area contributed by atoms with E-state index in [4.69, 9.17) is 4.74 Å². The molecule has 0 radical (unpaired) electrons. The zero-order valence-corrected chi connectivity index (χ0v) is 13.1. The van der Waals surface area contributed by atoms with Gasteiger partial charge in [0.25, 0.3) is 0 Å². The highest BCUT2D eigenvalue weighted by atomic mass is 79.9. The molecule has 2 aromatic rings. The molecule has 0 aromatic heterocycles. The van der Waals surface area contributed by atoms with Crippen LogP contribution in [-0.2, 0) is 0 Å². The van der Waals surface area contributed by atoms with Crippen molar-refractivity contribution in [1.29, 1.82) is 5.26 Å². The number of nitrogens with zero attached hydrogens (tertiary/aromatic N) is 1. The number of ketones is 1. The van der Waals surface area contributed by atoms with Crippen LogP contribution in [0.1, 0.15) is 28.3 Å². The molecule has 1 atom stereocenters. The van der Waals surface area contributed by atoms with Crippen LogP contribution in [0.3, 0.4) is 0 Å². The van der Waals surface area contributed by atoms with Gasteiger partial charge in [-0.3, -0.25) is 4.79 Å². The summed E-state index contributed by atoms with van der Waals surface area (Å²) in [5.74, 6) is 0.0886. The Bertz CT molecular complexity index is 691. The molecule has 21 heavy (non-hydrogen) atoms. The number of nitriles is 1. The highest BCUT2D eigenvalue weighted by Gasteiger charge is 2.19. The number of ether oxygens (including phenoxy) is 1. The van der Waals surface area contributed by atoms with Crippen LogP contribution in [-0.4, -0.2) is 12.9 Å². The van der Waals surface area contributed by atoms with Crippen molar-refractivity contribution in [1.82, 2.24) is 0 Å². The number of rotatable bonds is 5. The van der Waals surface area contributed by atoms with Gasteiger partial charge >= 0.3 is 0 Å². The zero-order chi connectivity index (χ0) is 15.2. The second-order valence-corrected chi connectivity index (χ2v) is 5.42. The number of Topliss-reactive ketones (excluding diaryl/α,β-unsaturated/α-hetero) is 1. The van der Waals surface area contributed by atoms with E-state index in [9.17, 15) is 10.1 Å². The fourth-order valence-corrected chi connectivity index (χ4v) is 2.64. The molecule has 0 spiro atoms. The van der Waals surface area contributed by atoms with Crippen LogP contribution in [0.25, 0.3) is 0 Å². The summed E-state index contributed by atoms with van der Waals surface area (Å²) in [6.45, 7) is 0. The number of benzene rings is 2. The Labute approximate surface area is 132 Å². The molecule has 0 aliphatic rings. The van der Waals surface area contributed by atoms with Crippen molar-refractivity contribution in [2.45, 2.75) is 12.3 Å². The average molecular weight is 344 g/mol. The molecule has 2 aromatic carbocycles. The van der Waals surface area contributed by atoms with Crippen LogP contribution >= 0.6 is 15.9 Å². The quantitative estimate of drug-likeness (QED) is 0.758. The fourth-order valence-electron chi connectivity index (χ4n) is 2.08. The number of carbonyl (C=O) groups excluding carboxylic acids is 1. The average Bonchev–Trinajstić information content (AvgIpc) is 2.53. The summed E-state index contributed by atoms with van der Waals surface area (Å²) in [6, 6.07) is 16.7. The third-order valence-corrected chi connectivity index (χ3v) is 3.94. The first-order chi connectivity index (χ1) is 10.2. The number of hydrogen-bond donors (Lipinski definition) is 0. The molecule has 0 aliphatic carbocycles. The molecule has 0 bridgehead atoms. The third-order valence-electron chi connectivity index (χ3n) is 3.22. The van der Waals surface area contributed by atoms with E-state index in [0.29, 0.717) is 11.3 Å². The number of halogens is 1. The van der Waals surface area contributed by atoms with Gasteiger partial charge in [0.2, 0.25) is 0 Å². The van der Waals surface area contributed by atoms with E-state index in [1.807, 2.05) is 24.3 Å². The molecule has 1 unspecified atom stereocenters. The van der Waals surface area contributed by atoms with Crippen molar-refractivity contribution in [2.75, 3.05) is 7.11 Å². The van der Waals surface area contributed by atoms with E-state index in [0.717, 1.165) is 10.0 Å². The minimum absolute atomic E-state index is 0.0730. The fraction of sp³-hybridized carbons (Fsp3) is 0.176. The smallest absolute Gasteiger partial charge is 0.164 e. The second kappa shape index (κ2) is 7.05. The number of methoxy groups -OCH3 is 1. The van der Waals surface area contributed by atoms with Gasteiger partial charge in [0.05, 0.1) is 19.1 Å². The minimum Gasteiger partial charge on any atom is -0.497 e. The standard InChI is InChI=1S/C17H14BrNO2/c1-21-14-6-4-5-12(9-14)17(20)10-13(11-19)15-7-2-3-8-16(15)18/h2-9,13H,10H2,1H3. The van der Waals surface area contributed by atoms with E-state index < -0.39 is 5.92 Å². The lowest BCUT2D eigenvalue weighted by Crippen LogP contribution is -2.07. The minimum atomic E-state index is -0.473. The molecular formula is C17H14BrNO2. The van der Waals surface area contributed by atoms with Gasteiger partial charge in [-0.15, -0.1) is 0 Å². The number of carbonyl (C=O) groups is 1. The first-order valence-corrected chi connectivity index (χ1v) is 7.26. The zero-order valence-electron chi connectivity index (χ0n) is 11.5. The molecule has 2 rings (SSSR count). The maximum atomic E-state index is 12.3. The van der Waals surface area contributed by atoms with Gasteiger partial charge in [-0.05, 0) is 23.8 Å². The lowest BCUT2D eigenvalue weighted by atomic mass is 9.93. The van der Waals surface area contributed by atoms with Gasteiger partial charge in [-0.1, -0.05) is 46.3 Å². The summed E-state index contributed by atoms with van der Waals surface area (Å²) in [5.41, 5.74) is 1.39. The Hall–Kier alpha value is -2.12. The Morgan fingerprint density at radius 2 is 2.05 bits per heavy atom. The van der Waals surface area contributed by atoms with Gasteiger partial charge in [-0.2, -0.15) is 5.26 Å². The van der Waals surface area contributed by atoms with E-state index in [-0.39, 0.29) is 12.2 Å². The van der Waals surface area contributed by atoms with Crippen molar-refractivity contribution in [3.05, 3.63) is 64.1 Å². The summed E-state index contributed by atoms with van der Waals surface area (Å²) in [6.07, 6.45) is 0.145. The van der Waals surface area contributed by atoms with Crippen molar-refractivity contribution >= 4 is 21.7 Å². The predicted octanol–water partition coefficient (Wildman–Crippen LogP) is 4.34. The first kappa shape index (κ1) is 15.3. The van der Waals surface area contributed by atoms with Gasteiger partial charge in [0, 0.05) is 16.5 Å². The SMILES string of the molecule is COc1cccc(C(=O)CC(C#N)c2ccccc2Br)c1. The van der Waals surface area contributed by atoms with E-state index in [1.165, 1.54) is 0 Å². The molecule has 0 aliphatic heterocycles. The molecule has 0 amide bonds. The molecule has 0 N–H and O–H groups in total. The van der Waals surface area contributed by atoms with E-state index in [2.05, 4.69) is 22.0 Å². The summed E-state index contributed by atoms with van der Waals surface area (Å²) < 4.78 is 5.96. The summed E-state index contributed by atoms with van der Waals surface area (Å²) in [5, 5.41) is 9.35. The van der Waals surface area contributed by atoms with Gasteiger partial charge < -0.3 is 4.74 Å². The lowest BCUT2D eigenvalue weighted by Gasteiger charge is -2.11. The van der Waals surface area contributed by atoms with E-state index >= 15 is 0 Å². The molecule has 106 valence electrons. The predicted molar refractivity (Wildman–Crippen MR) is 84.4 cm³/mol. The molecule has 4 heteroatoms. The van der Waals surface area contributed by atoms with Crippen LogP contribution in [0.4, 0.5) is 0 Å². The van der Waals surface area contributed by atoms with Crippen LogP contribution in [0.5, 0.6) is 5.75 Å². The van der Waals surface area contributed by atoms with Crippen LogP contribution in [0.2, 0.25) is 0 Å². The van der Waals surface area contributed by atoms with E-state index in [1.54, 1.807) is 31.4 Å². The van der Waals surface area contributed by atoms with Gasteiger partial charge in [0.15, 0.2) is 5.78 Å². The Kier molecular flexibility index (Phi) is 5.13. The maximum Gasteiger partial charge on any atom is 0.164 e. The summed E-state index contributed by atoms with van der Waals surface area (Å²) in [4.78, 5) is 12.3. The topological polar surface area (TPSA) is 50.1 Å². The lowest BCUT2D eigenvalue weighted by molar-refractivity contribution is 0.0978. The Morgan fingerprint density at radius 3 is 2.71 bits per heavy atom. The Morgan fingerprint density at radius 1 is 1.29 bits per heavy atom. The second-order valence-electron chi connectivity index (χ2n) is 4.56. The molecule has 0 fully saturated rings. The normalized spacial score (nSPS) is 11.5. The van der Waals surface area contributed by atoms with Crippen LogP contribution in [0, 0.1) is 11.3 Å². The monoisotopic (exact) mass is 343 g/mol. The number of hydrogen-bond acceptors (Lipinski definition) is 3. The van der Waals surface area contributed by atoms with Gasteiger partial charge in [0.1, 0.15) is 5.75 Å². The molecule has 0 saturated carbocycles. The van der Waals surface area contributed by atoms with Crippen LogP contribution in [0.15, 0.2) is 53.0 Å². The van der Waals surface area contributed by atoms with Crippen molar-refractivity contribution in [3.63, 3.8) is 0 Å². The van der Waals surface area contributed by atoms with Crippen molar-refractivity contribution in [2.24, 2.45) is 0 Å². The largest absolute Gasteiger partial charge is 0.497 e. The highest BCUT2D eigenvalue weighted by molar-refractivity contribution is 9.10. The molecular weight excluding hydrogens is 330 g/mol. The summed E-state index contributed by atoms with van der Waals surface area (Å²) >= 11 is 3.42. The van der Waals surface area contributed by atoms with Crippen molar-refractivity contribution < 1.29 is 9.53 Å². The Balaban J connectivity index is 2.21. The summed E-state index contributed by atoms with van der Waals surface area (Å²) in [7, 11) is 1.56. The van der Waals surface area contributed by atoms with Crippen molar-refractivity contribution in [3.8, 4) is 11.8 Å². The van der Waals surface area contributed by atoms with Crippen LogP contribution < -0.4 is 4.74 Å². The molecule has 0 saturated heterocycles.